The number of nitrogens with one attached hydrogen (secondary N) is 1. The number of amides is 2. The highest BCUT2D eigenvalue weighted by Gasteiger charge is 2.32. The zero-order valence-electron chi connectivity index (χ0n) is 16.1. The molecule has 5 nitrogen and oxygen atoms in total. The average Bonchev–Trinajstić information content (AvgIpc) is 2.73. The number of benzene rings is 3. The van der Waals surface area contributed by atoms with Gasteiger partial charge in [-0.1, -0.05) is 24.3 Å². The van der Waals surface area contributed by atoms with Gasteiger partial charge in [-0.3, -0.25) is 9.59 Å². The lowest BCUT2D eigenvalue weighted by atomic mass is 10.1. The molecule has 1 heterocycles. The van der Waals surface area contributed by atoms with Crippen molar-refractivity contribution in [3.8, 4) is 5.75 Å². The molecule has 4 rings (SSSR count). The molecule has 30 heavy (non-hydrogen) atoms. The Labute approximate surface area is 171 Å². The standard InChI is InChI=1S/C23H18F2N2O3/c1-14-23(29)27(13-16-5-2-3-8-19(16)25)20-12-18(9-10-21(20)30-14)26-22(28)15-6-4-7-17(24)11-15/h2-12,14H,13H2,1H3,(H,26,28). The highest BCUT2D eigenvalue weighted by atomic mass is 19.1. The number of ether oxygens (including phenoxy) is 1. The molecule has 1 aliphatic rings. The molecule has 1 atom stereocenters. The van der Waals surface area contributed by atoms with Gasteiger partial charge in [0, 0.05) is 16.8 Å². The van der Waals surface area contributed by atoms with Gasteiger partial charge in [0.2, 0.25) is 0 Å². The van der Waals surface area contributed by atoms with Crippen molar-refractivity contribution in [3.05, 3.63) is 89.5 Å². The first kappa shape index (κ1) is 19.6. The molecule has 0 radical (unpaired) electrons. The monoisotopic (exact) mass is 408 g/mol. The summed E-state index contributed by atoms with van der Waals surface area (Å²) in [6.45, 7) is 1.65. The number of hydrogen-bond donors (Lipinski definition) is 1. The number of hydrogen-bond acceptors (Lipinski definition) is 3. The predicted molar refractivity (Wildman–Crippen MR) is 108 cm³/mol. The van der Waals surface area contributed by atoms with Crippen molar-refractivity contribution in [1.29, 1.82) is 0 Å². The molecular formula is C23H18F2N2O3. The van der Waals surface area contributed by atoms with Crippen molar-refractivity contribution in [1.82, 2.24) is 0 Å². The Hall–Kier alpha value is -3.74. The summed E-state index contributed by atoms with van der Waals surface area (Å²) in [5.74, 6) is -1.30. The third-order valence-corrected chi connectivity index (χ3v) is 4.80. The van der Waals surface area contributed by atoms with E-state index in [1.165, 1.54) is 29.2 Å². The first-order chi connectivity index (χ1) is 14.4. The number of rotatable bonds is 4. The van der Waals surface area contributed by atoms with Crippen LogP contribution < -0.4 is 15.0 Å². The van der Waals surface area contributed by atoms with Gasteiger partial charge in [0.15, 0.2) is 6.10 Å². The number of halogens is 2. The lowest BCUT2D eigenvalue weighted by Crippen LogP contribution is -2.44. The highest BCUT2D eigenvalue weighted by molar-refractivity contribution is 6.05. The fraction of sp³-hybridized carbons (Fsp3) is 0.130. The Morgan fingerprint density at radius 2 is 1.87 bits per heavy atom. The van der Waals surface area contributed by atoms with E-state index in [1.54, 1.807) is 43.3 Å². The second-order valence-corrected chi connectivity index (χ2v) is 6.92. The summed E-state index contributed by atoms with van der Waals surface area (Å²) >= 11 is 0. The molecule has 3 aromatic carbocycles. The Kier molecular flexibility index (Phi) is 5.18. The molecule has 0 fully saturated rings. The molecule has 0 saturated heterocycles. The summed E-state index contributed by atoms with van der Waals surface area (Å²) in [6.07, 6.45) is -0.725. The maximum absolute atomic E-state index is 14.2. The quantitative estimate of drug-likeness (QED) is 0.690. The minimum absolute atomic E-state index is 0.0213. The van der Waals surface area contributed by atoms with Gasteiger partial charge in [0.05, 0.1) is 12.2 Å². The molecule has 0 spiro atoms. The van der Waals surface area contributed by atoms with E-state index in [9.17, 15) is 18.4 Å². The number of fused-ring (bicyclic) bond motifs is 1. The molecule has 7 heteroatoms. The van der Waals surface area contributed by atoms with E-state index in [1.807, 2.05) is 0 Å². The SMILES string of the molecule is CC1Oc2ccc(NC(=O)c3cccc(F)c3)cc2N(Cc2ccccc2F)C1=O. The van der Waals surface area contributed by atoms with Crippen molar-refractivity contribution < 1.29 is 23.1 Å². The van der Waals surface area contributed by atoms with Crippen molar-refractivity contribution >= 4 is 23.2 Å². The minimum atomic E-state index is -0.725. The molecule has 0 aromatic heterocycles. The van der Waals surface area contributed by atoms with Gasteiger partial charge < -0.3 is 15.0 Å². The fourth-order valence-electron chi connectivity index (χ4n) is 3.28. The van der Waals surface area contributed by atoms with Crippen molar-refractivity contribution in [3.63, 3.8) is 0 Å². The van der Waals surface area contributed by atoms with Crippen LogP contribution in [0.4, 0.5) is 20.2 Å². The molecule has 2 amide bonds. The predicted octanol–water partition coefficient (Wildman–Crippen LogP) is 4.53. The van der Waals surface area contributed by atoms with Gasteiger partial charge >= 0.3 is 0 Å². The fourth-order valence-corrected chi connectivity index (χ4v) is 3.28. The lowest BCUT2D eigenvalue weighted by Gasteiger charge is -2.33. The molecule has 1 aliphatic heterocycles. The zero-order valence-corrected chi connectivity index (χ0v) is 16.1. The number of carbonyl (C=O) groups is 2. The van der Waals surface area contributed by atoms with Crippen LogP contribution in [0.5, 0.6) is 5.75 Å². The van der Waals surface area contributed by atoms with Crippen molar-refractivity contribution in [2.24, 2.45) is 0 Å². The molecule has 1 N–H and O–H groups in total. The largest absolute Gasteiger partial charge is 0.479 e. The first-order valence-electron chi connectivity index (χ1n) is 9.35. The summed E-state index contributed by atoms with van der Waals surface area (Å²) in [5, 5.41) is 2.68. The van der Waals surface area contributed by atoms with Gasteiger partial charge in [-0.05, 0) is 49.4 Å². The second kappa shape index (κ2) is 7.94. The third-order valence-electron chi connectivity index (χ3n) is 4.80. The molecule has 1 unspecified atom stereocenters. The Morgan fingerprint density at radius 3 is 2.63 bits per heavy atom. The van der Waals surface area contributed by atoms with Crippen LogP contribution in [0.15, 0.2) is 66.7 Å². The molecule has 0 aliphatic carbocycles. The first-order valence-corrected chi connectivity index (χ1v) is 9.35. The van der Waals surface area contributed by atoms with E-state index < -0.39 is 23.6 Å². The Bertz CT molecular complexity index is 1130. The van der Waals surface area contributed by atoms with Crippen molar-refractivity contribution in [2.75, 3.05) is 10.2 Å². The van der Waals surface area contributed by atoms with E-state index in [0.29, 0.717) is 22.7 Å². The van der Waals surface area contributed by atoms with Gasteiger partial charge in [0.1, 0.15) is 17.4 Å². The van der Waals surface area contributed by atoms with Gasteiger partial charge in [-0.25, -0.2) is 8.78 Å². The summed E-state index contributed by atoms with van der Waals surface area (Å²) in [5.41, 5.74) is 1.34. The van der Waals surface area contributed by atoms with E-state index in [4.69, 9.17) is 4.74 Å². The molecule has 152 valence electrons. The topological polar surface area (TPSA) is 58.6 Å². The van der Waals surface area contributed by atoms with Gasteiger partial charge in [0.25, 0.3) is 11.8 Å². The van der Waals surface area contributed by atoms with Crippen LogP contribution in [-0.4, -0.2) is 17.9 Å². The summed E-state index contributed by atoms with van der Waals surface area (Å²) in [7, 11) is 0. The summed E-state index contributed by atoms with van der Waals surface area (Å²) < 4.78 is 33.2. The van der Waals surface area contributed by atoms with Crippen molar-refractivity contribution in [2.45, 2.75) is 19.6 Å². The van der Waals surface area contributed by atoms with Crippen LogP contribution in [0, 0.1) is 11.6 Å². The highest BCUT2D eigenvalue weighted by Crippen LogP contribution is 2.37. The molecule has 3 aromatic rings. The van der Waals surface area contributed by atoms with Crippen LogP contribution in [0.2, 0.25) is 0 Å². The smallest absolute Gasteiger partial charge is 0.268 e. The van der Waals surface area contributed by atoms with E-state index in [0.717, 1.165) is 6.07 Å². The van der Waals surface area contributed by atoms with E-state index >= 15 is 0 Å². The Balaban J connectivity index is 1.65. The third kappa shape index (κ3) is 3.87. The average molecular weight is 408 g/mol. The minimum Gasteiger partial charge on any atom is -0.479 e. The normalized spacial score (nSPS) is 15.4. The number of anilines is 2. The summed E-state index contributed by atoms with van der Waals surface area (Å²) in [6, 6.07) is 16.4. The number of nitrogens with zero attached hydrogens (tertiary/aromatic N) is 1. The van der Waals surface area contributed by atoms with Crippen LogP contribution in [0.3, 0.4) is 0 Å². The number of carbonyl (C=O) groups excluding carboxylic acids is 2. The van der Waals surface area contributed by atoms with Crippen LogP contribution in [0.1, 0.15) is 22.8 Å². The van der Waals surface area contributed by atoms with E-state index in [-0.39, 0.29) is 18.0 Å². The van der Waals surface area contributed by atoms with Crippen LogP contribution >= 0.6 is 0 Å². The van der Waals surface area contributed by atoms with Crippen LogP contribution in [0.25, 0.3) is 0 Å². The maximum Gasteiger partial charge on any atom is 0.268 e. The second-order valence-electron chi connectivity index (χ2n) is 6.92. The summed E-state index contributed by atoms with van der Waals surface area (Å²) in [4.78, 5) is 26.6. The molecule has 0 saturated carbocycles. The van der Waals surface area contributed by atoms with Crippen LogP contribution in [-0.2, 0) is 11.3 Å². The van der Waals surface area contributed by atoms with E-state index in [2.05, 4.69) is 5.32 Å². The zero-order chi connectivity index (χ0) is 21.3. The maximum atomic E-state index is 14.2. The molecule has 0 bridgehead atoms. The van der Waals surface area contributed by atoms with Gasteiger partial charge in [-0.15, -0.1) is 0 Å². The molecular weight excluding hydrogens is 390 g/mol. The van der Waals surface area contributed by atoms with Gasteiger partial charge in [-0.2, -0.15) is 0 Å². The Morgan fingerprint density at radius 1 is 1.07 bits per heavy atom. The lowest BCUT2D eigenvalue weighted by molar-refractivity contribution is -0.125.